The summed E-state index contributed by atoms with van der Waals surface area (Å²) in [4.78, 5) is 1.96. The Hall–Kier alpha value is -2.04. The van der Waals surface area contributed by atoms with Crippen LogP contribution < -0.4 is 4.90 Å². The molecule has 14 heavy (non-hydrogen) atoms. The van der Waals surface area contributed by atoms with Crippen LogP contribution in [0.2, 0.25) is 0 Å². The van der Waals surface area contributed by atoms with E-state index in [0.29, 0.717) is 5.56 Å². The summed E-state index contributed by atoms with van der Waals surface area (Å²) < 4.78 is 0. The molecule has 0 amide bonds. The van der Waals surface area contributed by atoms with E-state index in [1.807, 2.05) is 43.1 Å². The van der Waals surface area contributed by atoms with Crippen LogP contribution >= 0.6 is 0 Å². The van der Waals surface area contributed by atoms with Crippen LogP contribution in [0.15, 0.2) is 24.3 Å². The van der Waals surface area contributed by atoms with E-state index in [2.05, 4.69) is 0 Å². The van der Waals surface area contributed by atoms with E-state index in [9.17, 15) is 0 Å². The summed E-state index contributed by atoms with van der Waals surface area (Å²) in [6, 6.07) is 9.17. The summed E-state index contributed by atoms with van der Waals surface area (Å²) in [6.45, 7) is 0. The molecule has 3 heteroatoms. The largest absolute Gasteiger partial charge is 0.762 e. The van der Waals surface area contributed by atoms with Crippen LogP contribution in [0.25, 0.3) is 11.0 Å². The highest BCUT2D eigenvalue weighted by molar-refractivity contribution is 5.98. The van der Waals surface area contributed by atoms with Gasteiger partial charge in [-0.3, -0.25) is 0 Å². The fourth-order valence-electron chi connectivity index (χ4n) is 1.08. The Morgan fingerprint density at radius 3 is 2.21 bits per heavy atom. The van der Waals surface area contributed by atoms with Crippen LogP contribution in [0.4, 0.5) is 5.69 Å². The van der Waals surface area contributed by atoms with Gasteiger partial charge in [-0.25, -0.2) is 5.87 Å². The Balaban J connectivity index is 3.07. The van der Waals surface area contributed by atoms with Crippen molar-refractivity contribution in [1.29, 1.82) is 5.26 Å². The van der Waals surface area contributed by atoms with E-state index in [0.717, 1.165) is 5.69 Å². The Labute approximate surface area is 83.4 Å². The van der Waals surface area contributed by atoms with E-state index in [1.165, 1.54) is 0 Å². The van der Waals surface area contributed by atoms with E-state index in [4.69, 9.17) is 10.7 Å². The number of allylic oxidation sites excluding steroid dienone is 1. The van der Waals surface area contributed by atoms with Crippen LogP contribution in [0.1, 0.15) is 5.56 Å². The van der Waals surface area contributed by atoms with Gasteiger partial charge < -0.3 is 10.3 Å². The molecule has 1 aromatic carbocycles. The van der Waals surface area contributed by atoms with Crippen molar-refractivity contribution in [2.24, 2.45) is 0 Å². The lowest BCUT2D eigenvalue weighted by molar-refractivity contribution is 1.13. The lowest BCUT2D eigenvalue weighted by atomic mass is 10.1. The minimum atomic E-state index is 0.148. The van der Waals surface area contributed by atoms with Crippen molar-refractivity contribution >= 4 is 17.1 Å². The molecule has 70 valence electrons. The first kappa shape index (κ1) is 10.0. The molecular weight excluding hydrogens is 174 g/mol. The van der Waals surface area contributed by atoms with Gasteiger partial charge in [-0.15, -0.1) is 0 Å². The second-order valence-electron chi connectivity index (χ2n) is 3.04. The molecule has 0 saturated carbocycles. The third-order valence-corrected chi connectivity index (χ3v) is 1.90. The lowest BCUT2D eigenvalue weighted by Crippen LogP contribution is -2.08. The van der Waals surface area contributed by atoms with Gasteiger partial charge in [-0.05, 0) is 17.7 Å². The Bertz CT molecular complexity index is 403. The highest BCUT2D eigenvalue weighted by Crippen LogP contribution is 2.16. The molecule has 0 aliphatic heterocycles. The zero-order chi connectivity index (χ0) is 10.6. The highest BCUT2D eigenvalue weighted by Gasteiger charge is 1.98. The average molecular weight is 184 g/mol. The average Bonchev–Trinajstić information content (AvgIpc) is 2.20. The summed E-state index contributed by atoms with van der Waals surface area (Å²) in [6.07, 6.45) is 0. The Kier molecular flexibility index (Phi) is 3.06. The summed E-state index contributed by atoms with van der Waals surface area (Å²) in [5.74, 6) is 1.86. The molecular formula is C11H10N3-. The van der Waals surface area contributed by atoms with Crippen molar-refractivity contribution in [2.45, 2.75) is 0 Å². The molecule has 0 spiro atoms. The van der Waals surface area contributed by atoms with Crippen molar-refractivity contribution in [2.75, 3.05) is 19.0 Å². The maximum atomic E-state index is 8.64. The minimum absolute atomic E-state index is 0.148. The summed E-state index contributed by atoms with van der Waals surface area (Å²) in [7, 11) is 3.88. The molecule has 0 radical (unpaired) electrons. The zero-order valence-electron chi connectivity index (χ0n) is 8.15. The maximum absolute atomic E-state index is 8.64. The number of rotatable bonds is 2. The number of nitriles is 1. The first-order valence-corrected chi connectivity index (χ1v) is 4.14. The maximum Gasteiger partial charge on any atom is 0.106 e. The number of hydrogen-bond acceptors (Lipinski definition) is 2. The molecule has 0 saturated heterocycles. The van der Waals surface area contributed by atoms with Crippen molar-refractivity contribution < 1.29 is 0 Å². The molecule has 0 N–H and O–H groups in total. The second-order valence-corrected chi connectivity index (χ2v) is 3.04. The van der Waals surface area contributed by atoms with Gasteiger partial charge in [0.1, 0.15) is 6.07 Å². The number of benzene rings is 1. The molecule has 0 aliphatic rings. The van der Waals surface area contributed by atoms with Crippen LogP contribution in [0.3, 0.4) is 0 Å². The van der Waals surface area contributed by atoms with Crippen molar-refractivity contribution in [3.63, 3.8) is 0 Å². The Morgan fingerprint density at radius 1 is 1.29 bits per heavy atom. The minimum Gasteiger partial charge on any atom is -0.762 e. The summed E-state index contributed by atoms with van der Waals surface area (Å²) in [5.41, 5.74) is 1.86. The normalized spacial score (nSPS) is 8.64. The van der Waals surface area contributed by atoms with Crippen LogP contribution in [-0.4, -0.2) is 20.0 Å². The fourth-order valence-corrected chi connectivity index (χ4v) is 1.08. The van der Waals surface area contributed by atoms with Crippen LogP contribution in [-0.2, 0) is 0 Å². The SMILES string of the molecule is CN(C)c1ccc(C(=C=[N-])C#N)cc1. The van der Waals surface area contributed by atoms with Crippen molar-refractivity contribution in [3.05, 3.63) is 35.2 Å². The molecule has 1 rings (SSSR count). The Morgan fingerprint density at radius 2 is 1.86 bits per heavy atom. The topological polar surface area (TPSA) is 49.3 Å². The molecule has 0 atom stereocenters. The summed E-state index contributed by atoms with van der Waals surface area (Å²) >= 11 is 0. The van der Waals surface area contributed by atoms with Gasteiger partial charge in [0.15, 0.2) is 0 Å². The van der Waals surface area contributed by atoms with Crippen molar-refractivity contribution in [3.8, 4) is 6.07 Å². The molecule has 3 nitrogen and oxygen atoms in total. The third kappa shape index (κ3) is 2.01. The van der Waals surface area contributed by atoms with E-state index >= 15 is 0 Å². The molecule has 0 aromatic heterocycles. The predicted molar refractivity (Wildman–Crippen MR) is 58.2 cm³/mol. The molecule has 0 bridgehead atoms. The molecule has 0 heterocycles. The quantitative estimate of drug-likeness (QED) is 0.520. The number of anilines is 1. The van der Waals surface area contributed by atoms with Gasteiger partial charge in [0.25, 0.3) is 0 Å². The third-order valence-electron chi connectivity index (χ3n) is 1.90. The first-order chi connectivity index (χ1) is 6.69. The molecule has 0 unspecified atom stereocenters. The fraction of sp³-hybridized carbons (Fsp3) is 0.182. The van der Waals surface area contributed by atoms with E-state index < -0.39 is 0 Å². The number of hydrogen-bond donors (Lipinski definition) is 0. The second kappa shape index (κ2) is 4.27. The van der Waals surface area contributed by atoms with Gasteiger partial charge in [-0.2, -0.15) is 5.26 Å². The van der Waals surface area contributed by atoms with Gasteiger partial charge in [-0.1, -0.05) is 12.1 Å². The van der Waals surface area contributed by atoms with Crippen LogP contribution in [0.5, 0.6) is 0 Å². The van der Waals surface area contributed by atoms with E-state index in [-0.39, 0.29) is 5.57 Å². The smallest absolute Gasteiger partial charge is 0.106 e. The standard InChI is InChI=1S/C11H10N3/c1-14(2)11-5-3-9(4-6-11)10(7-12)8-13/h3-6H,1-2H3/q-1. The van der Waals surface area contributed by atoms with Gasteiger partial charge in [0, 0.05) is 19.8 Å². The highest BCUT2D eigenvalue weighted by atomic mass is 15.1. The number of nitrogens with zero attached hydrogens (tertiary/aromatic N) is 3. The van der Waals surface area contributed by atoms with Crippen LogP contribution in [0, 0.1) is 11.3 Å². The van der Waals surface area contributed by atoms with Gasteiger partial charge in [0.05, 0.1) is 5.57 Å². The zero-order valence-corrected chi connectivity index (χ0v) is 8.15. The van der Waals surface area contributed by atoms with Gasteiger partial charge >= 0.3 is 0 Å². The monoisotopic (exact) mass is 184 g/mol. The van der Waals surface area contributed by atoms with E-state index in [1.54, 1.807) is 12.1 Å². The predicted octanol–water partition coefficient (Wildman–Crippen LogP) is 1.90. The molecule has 1 aromatic rings. The molecule has 0 fully saturated rings. The summed E-state index contributed by atoms with van der Waals surface area (Å²) in [5, 5.41) is 17.3. The van der Waals surface area contributed by atoms with Gasteiger partial charge in [0.2, 0.25) is 0 Å². The van der Waals surface area contributed by atoms with Crippen molar-refractivity contribution in [1.82, 2.24) is 0 Å². The molecule has 0 aliphatic carbocycles. The lowest BCUT2D eigenvalue weighted by Gasteiger charge is -2.12. The first-order valence-electron chi connectivity index (χ1n) is 4.14.